The number of aromatic nitrogens is 2. The van der Waals surface area contributed by atoms with E-state index in [4.69, 9.17) is 0 Å². The van der Waals surface area contributed by atoms with Crippen LogP contribution in [0.2, 0.25) is 0 Å². The molecule has 0 saturated heterocycles. The third-order valence-electron chi connectivity index (χ3n) is 3.50. The maximum Gasteiger partial charge on any atom is 0.166 e. The molecule has 19 heavy (non-hydrogen) atoms. The maximum absolute atomic E-state index is 12.0. The van der Waals surface area contributed by atoms with Crippen molar-refractivity contribution in [1.82, 2.24) is 9.78 Å². The number of rotatable bonds is 1. The van der Waals surface area contributed by atoms with E-state index in [1.165, 1.54) is 0 Å². The first-order valence-corrected chi connectivity index (χ1v) is 6.33. The van der Waals surface area contributed by atoms with Crippen molar-refractivity contribution in [2.24, 2.45) is 0 Å². The average molecular weight is 251 g/mol. The SMILES string of the molecule is Cc1nn(-c2ccccc2C#N)c2c1C(=O)CCC2. The molecular weight excluding hydrogens is 238 g/mol. The van der Waals surface area contributed by atoms with Gasteiger partial charge in [0.25, 0.3) is 0 Å². The number of carbonyl (C=O) groups excluding carboxylic acids is 1. The van der Waals surface area contributed by atoms with Crippen LogP contribution in [0.4, 0.5) is 0 Å². The highest BCUT2D eigenvalue weighted by molar-refractivity contribution is 5.99. The van der Waals surface area contributed by atoms with Crippen LogP contribution in [0.5, 0.6) is 0 Å². The fraction of sp³-hybridized carbons (Fsp3) is 0.267. The number of nitriles is 1. The van der Waals surface area contributed by atoms with Crippen LogP contribution in [0.1, 0.15) is 40.2 Å². The van der Waals surface area contributed by atoms with Crippen molar-refractivity contribution >= 4 is 5.78 Å². The molecule has 0 spiro atoms. The quantitative estimate of drug-likeness (QED) is 0.782. The fourth-order valence-electron chi connectivity index (χ4n) is 2.66. The number of benzene rings is 1. The maximum atomic E-state index is 12.0. The summed E-state index contributed by atoms with van der Waals surface area (Å²) in [6.07, 6.45) is 2.28. The largest absolute Gasteiger partial charge is 0.294 e. The van der Waals surface area contributed by atoms with Crippen LogP contribution in [0, 0.1) is 18.3 Å². The van der Waals surface area contributed by atoms with Gasteiger partial charge in [-0.1, -0.05) is 12.1 Å². The summed E-state index contributed by atoms with van der Waals surface area (Å²) in [6, 6.07) is 9.52. The number of carbonyl (C=O) groups is 1. The molecule has 0 radical (unpaired) electrons. The Kier molecular flexibility index (Phi) is 2.68. The summed E-state index contributed by atoms with van der Waals surface area (Å²) in [5, 5.41) is 13.7. The lowest BCUT2D eigenvalue weighted by atomic mass is 9.94. The Labute approximate surface area is 111 Å². The minimum absolute atomic E-state index is 0.166. The highest BCUT2D eigenvalue weighted by Crippen LogP contribution is 2.27. The Morgan fingerprint density at radius 1 is 1.32 bits per heavy atom. The van der Waals surface area contributed by atoms with E-state index in [0.29, 0.717) is 12.0 Å². The number of hydrogen-bond acceptors (Lipinski definition) is 3. The van der Waals surface area contributed by atoms with Crippen molar-refractivity contribution in [3.8, 4) is 11.8 Å². The number of nitrogens with zero attached hydrogens (tertiary/aromatic N) is 3. The molecule has 1 aromatic carbocycles. The van der Waals surface area contributed by atoms with Gasteiger partial charge in [-0.2, -0.15) is 10.4 Å². The topological polar surface area (TPSA) is 58.7 Å². The summed E-state index contributed by atoms with van der Waals surface area (Å²) in [7, 11) is 0. The lowest BCUT2D eigenvalue weighted by Gasteiger charge is -2.13. The fourth-order valence-corrected chi connectivity index (χ4v) is 2.66. The summed E-state index contributed by atoms with van der Waals surface area (Å²) in [5.74, 6) is 0.166. The van der Waals surface area contributed by atoms with Gasteiger partial charge < -0.3 is 0 Å². The molecule has 4 nitrogen and oxygen atoms in total. The molecule has 94 valence electrons. The summed E-state index contributed by atoms with van der Waals surface area (Å²) in [5.41, 5.74) is 3.78. The van der Waals surface area contributed by atoms with E-state index in [-0.39, 0.29) is 5.78 Å². The van der Waals surface area contributed by atoms with Crippen LogP contribution in [0.15, 0.2) is 24.3 Å². The van der Waals surface area contributed by atoms with Crippen molar-refractivity contribution in [1.29, 1.82) is 5.26 Å². The summed E-state index contributed by atoms with van der Waals surface area (Å²) >= 11 is 0. The van der Waals surface area contributed by atoms with Gasteiger partial charge >= 0.3 is 0 Å². The van der Waals surface area contributed by atoms with Crippen LogP contribution >= 0.6 is 0 Å². The smallest absolute Gasteiger partial charge is 0.166 e. The van der Waals surface area contributed by atoms with Crippen LogP contribution < -0.4 is 0 Å². The van der Waals surface area contributed by atoms with E-state index in [1.54, 1.807) is 10.7 Å². The Balaban J connectivity index is 2.25. The highest BCUT2D eigenvalue weighted by atomic mass is 16.1. The van der Waals surface area contributed by atoms with Crippen molar-refractivity contribution in [3.05, 3.63) is 46.8 Å². The first-order chi connectivity index (χ1) is 9.22. The Bertz CT molecular complexity index is 707. The Morgan fingerprint density at radius 3 is 2.89 bits per heavy atom. The molecule has 4 heteroatoms. The third kappa shape index (κ3) is 1.75. The highest BCUT2D eigenvalue weighted by Gasteiger charge is 2.26. The van der Waals surface area contributed by atoms with E-state index in [2.05, 4.69) is 11.2 Å². The monoisotopic (exact) mass is 251 g/mol. The van der Waals surface area contributed by atoms with Crippen LogP contribution in [-0.2, 0) is 6.42 Å². The predicted molar refractivity (Wildman–Crippen MR) is 70.3 cm³/mol. The number of aryl methyl sites for hydroxylation is 1. The van der Waals surface area contributed by atoms with Gasteiger partial charge in [-0.3, -0.25) is 4.79 Å². The molecule has 3 rings (SSSR count). The first-order valence-electron chi connectivity index (χ1n) is 6.33. The molecule has 1 aliphatic rings. The van der Waals surface area contributed by atoms with E-state index in [1.807, 2.05) is 25.1 Å². The number of ketones is 1. The van der Waals surface area contributed by atoms with Crippen molar-refractivity contribution in [2.45, 2.75) is 26.2 Å². The predicted octanol–water partition coefficient (Wildman–Crippen LogP) is 2.57. The Hall–Kier alpha value is -2.41. The number of fused-ring (bicyclic) bond motifs is 1. The summed E-state index contributed by atoms with van der Waals surface area (Å²) in [4.78, 5) is 12.0. The molecule has 0 aliphatic heterocycles. The molecule has 0 amide bonds. The van der Waals surface area contributed by atoms with Gasteiger partial charge in [0.2, 0.25) is 0 Å². The van der Waals surface area contributed by atoms with Gasteiger partial charge in [0.1, 0.15) is 6.07 Å². The second kappa shape index (κ2) is 4.36. The molecular formula is C15H13N3O. The minimum atomic E-state index is 0.166. The zero-order valence-electron chi connectivity index (χ0n) is 10.7. The number of hydrogen-bond donors (Lipinski definition) is 0. The molecule has 1 heterocycles. The molecule has 0 N–H and O–H groups in total. The molecule has 0 unspecified atom stereocenters. The van der Waals surface area contributed by atoms with Gasteiger partial charge in [0, 0.05) is 6.42 Å². The third-order valence-corrected chi connectivity index (χ3v) is 3.50. The lowest BCUT2D eigenvalue weighted by molar-refractivity contribution is 0.0971. The number of Topliss-reactive ketones (excluding diaryl/α,β-unsaturated/α-hetero) is 1. The van der Waals surface area contributed by atoms with Crippen LogP contribution in [-0.4, -0.2) is 15.6 Å². The summed E-state index contributed by atoms with van der Waals surface area (Å²) < 4.78 is 1.76. The molecule has 0 bridgehead atoms. The lowest BCUT2D eigenvalue weighted by Crippen LogP contribution is -2.13. The molecule has 0 atom stereocenters. The van der Waals surface area contributed by atoms with Crippen molar-refractivity contribution in [2.75, 3.05) is 0 Å². The average Bonchev–Trinajstić information content (AvgIpc) is 2.77. The second-order valence-electron chi connectivity index (χ2n) is 4.72. The normalized spacial score (nSPS) is 14.0. The van der Waals surface area contributed by atoms with Crippen molar-refractivity contribution < 1.29 is 4.79 Å². The van der Waals surface area contributed by atoms with Gasteiger partial charge in [0.05, 0.1) is 28.2 Å². The van der Waals surface area contributed by atoms with Gasteiger partial charge in [-0.25, -0.2) is 4.68 Å². The zero-order chi connectivity index (χ0) is 13.4. The molecule has 0 saturated carbocycles. The molecule has 2 aromatic rings. The zero-order valence-corrected chi connectivity index (χ0v) is 10.7. The molecule has 1 aliphatic carbocycles. The first kappa shape index (κ1) is 11.7. The van der Waals surface area contributed by atoms with E-state index in [0.717, 1.165) is 35.5 Å². The van der Waals surface area contributed by atoms with Crippen LogP contribution in [0.25, 0.3) is 5.69 Å². The number of para-hydroxylation sites is 1. The standard InChI is InChI=1S/C15H13N3O/c1-10-15-13(7-4-8-14(15)19)18(17-10)12-6-3-2-5-11(12)9-16/h2-3,5-6H,4,7-8H2,1H3. The minimum Gasteiger partial charge on any atom is -0.294 e. The second-order valence-corrected chi connectivity index (χ2v) is 4.72. The molecule has 1 aromatic heterocycles. The van der Waals surface area contributed by atoms with Gasteiger partial charge in [-0.05, 0) is 31.9 Å². The van der Waals surface area contributed by atoms with E-state index < -0.39 is 0 Å². The van der Waals surface area contributed by atoms with Crippen molar-refractivity contribution in [3.63, 3.8) is 0 Å². The summed E-state index contributed by atoms with van der Waals surface area (Å²) in [6.45, 7) is 1.85. The van der Waals surface area contributed by atoms with E-state index >= 15 is 0 Å². The van der Waals surface area contributed by atoms with E-state index in [9.17, 15) is 10.1 Å². The van der Waals surface area contributed by atoms with Crippen LogP contribution in [0.3, 0.4) is 0 Å². The Morgan fingerprint density at radius 2 is 2.11 bits per heavy atom. The van der Waals surface area contributed by atoms with Gasteiger partial charge in [-0.15, -0.1) is 0 Å². The van der Waals surface area contributed by atoms with Gasteiger partial charge in [0.15, 0.2) is 5.78 Å². The molecule has 0 fully saturated rings.